The number of nitrogens with one attached hydrogen (secondary N) is 1. The Bertz CT molecular complexity index is 505. The Morgan fingerprint density at radius 2 is 1.68 bits per heavy atom. The third kappa shape index (κ3) is 3.94. The van der Waals surface area contributed by atoms with E-state index in [1.54, 1.807) is 12.1 Å². The summed E-state index contributed by atoms with van der Waals surface area (Å²) < 4.78 is 38.3. The third-order valence-corrected chi connectivity index (χ3v) is 4.28. The van der Waals surface area contributed by atoms with E-state index in [0.29, 0.717) is 34.6 Å². The SMILES string of the molecule is Cl.Cl.FC(F)[C@@H](c1cc2c(cc1Br)OCO2)N1CCNCC1. The van der Waals surface area contributed by atoms with Crippen molar-refractivity contribution in [3.05, 3.63) is 22.2 Å². The Hall–Kier alpha value is -0.340. The van der Waals surface area contributed by atoms with Gasteiger partial charge in [-0.2, -0.15) is 0 Å². The Morgan fingerprint density at radius 1 is 1.09 bits per heavy atom. The Labute approximate surface area is 148 Å². The molecule has 0 spiro atoms. The molecule has 1 saturated heterocycles. The monoisotopic (exact) mass is 420 g/mol. The molecule has 4 nitrogen and oxygen atoms in total. The van der Waals surface area contributed by atoms with Crippen LogP contribution in [0.25, 0.3) is 0 Å². The first-order valence-corrected chi connectivity index (χ1v) is 7.28. The third-order valence-electron chi connectivity index (χ3n) is 3.59. The molecular weight excluding hydrogens is 405 g/mol. The Morgan fingerprint density at radius 3 is 2.27 bits per heavy atom. The van der Waals surface area contributed by atoms with Gasteiger partial charge in [-0.05, 0) is 17.7 Å². The van der Waals surface area contributed by atoms with Crippen LogP contribution in [0.3, 0.4) is 0 Å². The number of rotatable bonds is 3. The van der Waals surface area contributed by atoms with Gasteiger partial charge < -0.3 is 14.8 Å². The highest BCUT2D eigenvalue weighted by atomic mass is 79.9. The molecule has 0 saturated carbocycles. The maximum Gasteiger partial charge on any atom is 0.258 e. The summed E-state index contributed by atoms with van der Waals surface area (Å²) in [5.41, 5.74) is 0.547. The molecule has 2 aliphatic heterocycles. The first-order valence-electron chi connectivity index (χ1n) is 6.49. The lowest BCUT2D eigenvalue weighted by Crippen LogP contribution is -2.47. The quantitative estimate of drug-likeness (QED) is 0.812. The molecule has 0 amide bonds. The largest absolute Gasteiger partial charge is 0.454 e. The highest BCUT2D eigenvalue weighted by Gasteiger charge is 2.33. The molecule has 1 atom stereocenters. The fraction of sp³-hybridized carbons (Fsp3) is 0.538. The summed E-state index contributed by atoms with van der Waals surface area (Å²) in [5.74, 6) is 1.12. The van der Waals surface area contributed by atoms with Crippen LogP contribution in [-0.4, -0.2) is 44.3 Å². The second-order valence-corrected chi connectivity index (χ2v) is 5.65. The molecule has 126 valence electrons. The molecule has 0 aromatic heterocycles. The summed E-state index contributed by atoms with van der Waals surface area (Å²) >= 11 is 3.37. The van der Waals surface area contributed by atoms with Crippen LogP contribution in [0.1, 0.15) is 11.6 Å². The summed E-state index contributed by atoms with van der Waals surface area (Å²) in [5, 5.41) is 3.17. The number of nitrogens with zero attached hydrogens (tertiary/aromatic N) is 1. The second-order valence-electron chi connectivity index (χ2n) is 4.79. The lowest BCUT2D eigenvalue weighted by Gasteiger charge is -2.35. The lowest BCUT2D eigenvalue weighted by molar-refractivity contribution is 0.0177. The summed E-state index contributed by atoms with van der Waals surface area (Å²) in [4.78, 5) is 1.81. The number of alkyl halides is 2. The van der Waals surface area contributed by atoms with Gasteiger partial charge in [0, 0.05) is 30.7 Å². The highest BCUT2D eigenvalue weighted by molar-refractivity contribution is 9.10. The van der Waals surface area contributed by atoms with Gasteiger partial charge in [0.15, 0.2) is 11.5 Å². The minimum absolute atomic E-state index is 0. The standard InChI is InChI=1S/C13H15BrF2N2O2.2ClH/c14-9-6-11-10(19-7-20-11)5-8(9)12(13(15)16)18-3-1-17-2-4-18;;/h5-6,12-13,17H,1-4,7H2;2*1H/t12-;;/m1../s1. The molecule has 2 heterocycles. The van der Waals surface area contributed by atoms with Gasteiger partial charge in [-0.1, -0.05) is 15.9 Å². The van der Waals surface area contributed by atoms with Gasteiger partial charge in [-0.3, -0.25) is 4.90 Å². The van der Waals surface area contributed by atoms with Crippen molar-refractivity contribution in [1.82, 2.24) is 10.2 Å². The Balaban J connectivity index is 0.00000121. The van der Waals surface area contributed by atoms with E-state index in [1.165, 1.54) is 0 Å². The van der Waals surface area contributed by atoms with Crippen LogP contribution < -0.4 is 14.8 Å². The number of halogens is 5. The van der Waals surface area contributed by atoms with E-state index in [4.69, 9.17) is 9.47 Å². The number of fused-ring (bicyclic) bond motifs is 1. The molecule has 0 bridgehead atoms. The van der Waals surface area contributed by atoms with Crippen molar-refractivity contribution in [1.29, 1.82) is 0 Å². The Kier molecular flexibility index (Phi) is 7.61. The van der Waals surface area contributed by atoms with Crippen LogP contribution in [0, 0.1) is 0 Å². The first kappa shape index (κ1) is 19.7. The zero-order valence-corrected chi connectivity index (χ0v) is 14.8. The number of hydrogen-bond donors (Lipinski definition) is 1. The van der Waals surface area contributed by atoms with E-state index >= 15 is 0 Å². The first-order chi connectivity index (χ1) is 9.66. The normalized spacial score (nSPS) is 18.5. The van der Waals surface area contributed by atoms with E-state index in [9.17, 15) is 8.78 Å². The van der Waals surface area contributed by atoms with Gasteiger partial charge in [0.1, 0.15) is 0 Å². The number of ether oxygens (including phenoxy) is 2. The van der Waals surface area contributed by atoms with Gasteiger partial charge in [0.05, 0.1) is 6.04 Å². The smallest absolute Gasteiger partial charge is 0.258 e. The highest BCUT2D eigenvalue weighted by Crippen LogP contribution is 2.42. The molecule has 0 aliphatic carbocycles. The van der Waals surface area contributed by atoms with Crippen LogP contribution in [0.2, 0.25) is 0 Å². The van der Waals surface area contributed by atoms with Crippen LogP contribution in [-0.2, 0) is 0 Å². The maximum atomic E-state index is 13.5. The summed E-state index contributed by atoms with van der Waals surface area (Å²) in [6.07, 6.45) is -2.45. The summed E-state index contributed by atoms with van der Waals surface area (Å²) in [6.45, 7) is 2.81. The molecular formula is C13H17BrCl2F2N2O2. The fourth-order valence-corrected chi connectivity index (χ4v) is 3.17. The predicted octanol–water partition coefficient (Wildman–Crippen LogP) is 3.23. The van der Waals surface area contributed by atoms with Crippen LogP contribution in [0.5, 0.6) is 11.5 Å². The minimum atomic E-state index is -2.45. The molecule has 1 aromatic carbocycles. The molecule has 1 aromatic rings. The molecule has 1 fully saturated rings. The van der Waals surface area contributed by atoms with E-state index in [0.717, 1.165) is 13.1 Å². The van der Waals surface area contributed by atoms with Gasteiger partial charge in [-0.15, -0.1) is 24.8 Å². The molecule has 9 heteroatoms. The number of benzene rings is 1. The van der Waals surface area contributed by atoms with Gasteiger partial charge in [0.2, 0.25) is 6.79 Å². The van der Waals surface area contributed by atoms with Crippen LogP contribution >= 0.6 is 40.7 Å². The predicted molar refractivity (Wildman–Crippen MR) is 87.9 cm³/mol. The average molecular weight is 422 g/mol. The maximum absolute atomic E-state index is 13.5. The fourth-order valence-electron chi connectivity index (χ4n) is 2.61. The average Bonchev–Trinajstić information content (AvgIpc) is 2.87. The second kappa shape index (κ2) is 8.49. The van der Waals surface area contributed by atoms with Crippen molar-refractivity contribution in [2.45, 2.75) is 12.5 Å². The molecule has 0 unspecified atom stereocenters. The molecule has 3 rings (SSSR count). The van der Waals surface area contributed by atoms with Gasteiger partial charge in [0.25, 0.3) is 6.43 Å². The zero-order chi connectivity index (χ0) is 14.1. The summed E-state index contributed by atoms with van der Waals surface area (Å²) in [6, 6.07) is 2.43. The van der Waals surface area contributed by atoms with Crippen LogP contribution in [0.15, 0.2) is 16.6 Å². The number of hydrogen-bond acceptors (Lipinski definition) is 4. The summed E-state index contributed by atoms with van der Waals surface area (Å²) in [7, 11) is 0. The minimum Gasteiger partial charge on any atom is -0.454 e. The van der Waals surface area contributed by atoms with E-state index in [1.807, 2.05) is 4.90 Å². The van der Waals surface area contributed by atoms with Crippen molar-refractivity contribution in [2.24, 2.45) is 0 Å². The van der Waals surface area contributed by atoms with Crippen molar-refractivity contribution in [3.8, 4) is 11.5 Å². The van der Waals surface area contributed by atoms with E-state index < -0.39 is 12.5 Å². The topological polar surface area (TPSA) is 33.7 Å². The molecule has 1 N–H and O–H groups in total. The van der Waals surface area contributed by atoms with E-state index in [-0.39, 0.29) is 31.6 Å². The molecule has 2 aliphatic rings. The zero-order valence-electron chi connectivity index (χ0n) is 11.6. The van der Waals surface area contributed by atoms with Crippen LogP contribution in [0.4, 0.5) is 8.78 Å². The van der Waals surface area contributed by atoms with Crippen molar-refractivity contribution < 1.29 is 18.3 Å². The van der Waals surface area contributed by atoms with Crippen molar-refractivity contribution in [2.75, 3.05) is 33.0 Å². The van der Waals surface area contributed by atoms with Gasteiger partial charge in [-0.25, -0.2) is 8.78 Å². The molecule has 22 heavy (non-hydrogen) atoms. The van der Waals surface area contributed by atoms with Crippen molar-refractivity contribution in [3.63, 3.8) is 0 Å². The lowest BCUT2D eigenvalue weighted by atomic mass is 10.0. The number of piperazine rings is 1. The van der Waals surface area contributed by atoms with Crippen molar-refractivity contribution >= 4 is 40.7 Å². The van der Waals surface area contributed by atoms with Gasteiger partial charge >= 0.3 is 0 Å². The molecule has 0 radical (unpaired) electrons. The van der Waals surface area contributed by atoms with E-state index in [2.05, 4.69) is 21.2 Å².